The molecule has 0 bridgehead atoms. The lowest BCUT2D eigenvalue weighted by atomic mass is 9.78. The topological polar surface area (TPSA) is 50.9 Å². The van der Waals surface area contributed by atoms with Gasteiger partial charge in [-0.2, -0.15) is 0 Å². The molecule has 2 heterocycles. The zero-order valence-corrected chi connectivity index (χ0v) is 36.8. The number of aryl methyl sites for hydroxylation is 1. The van der Waals surface area contributed by atoms with Gasteiger partial charge < -0.3 is 5.11 Å². The van der Waals surface area contributed by atoms with Crippen LogP contribution in [0.3, 0.4) is 0 Å². The van der Waals surface area contributed by atoms with Gasteiger partial charge in [-0.1, -0.05) is 173 Å². The molecule has 0 aliphatic heterocycles. The summed E-state index contributed by atoms with van der Waals surface area (Å²) < 4.78 is 27.1. The van der Waals surface area contributed by atoms with Crippen molar-refractivity contribution in [1.29, 1.82) is 0 Å². The first-order chi connectivity index (χ1) is 32.8. The van der Waals surface area contributed by atoms with Crippen LogP contribution in [0.1, 0.15) is 59.6 Å². The third kappa shape index (κ3) is 6.68. The van der Waals surface area contributed by atoms with Crippen LogP contribution in [0.4, 0.5) is 0 Å². The maximum atomic E-state index is 11.5. The molecule has 10 aromatic rings. The fourth-order valence-corrected chi connectivity index (χ4v) is 10.0. The highest BCUT2D eigenvalue weighted by molar-refractivity contribution is 6.04. The van der Waals surface area contributed by atoms with Gasteiger partial charge in [-0.25, -0.2) is 4.98 Å². The summed E-state index contributed by atoms with van der Waals surface area (Å²) in [6.07, 6.45) is 1.90. The van der Waals surface area contributed by atoms with Gasteiger partial charge in [0.15, 0.2) is 0 Å². The standard InChI is InChI=1S/C61H49N3O/c1-39-27-32-54(49(35-39)41-17-8-6-9-18-41)64-55-25-16-23-46(58(55)63-59(64)48-22-13-15-26-56(48)65)50-36-43(37-52-57(50)47-21-12-14-24-51(47)61(52,4)5)53-38-42(33-34-62-53)40-28-30-45(31-29-40)60(2,3)44-19-10-7-11-20-44/h6-38,65H,1-5H3/i1D3. The number of phenolic OH excluding ortho intramolecular Hbond substituents is 1. The van der Waals surface area contributed by atoms with Gasteiger partial charge in [0.25, 0.3) is 0 Å². The fraction of sp³-hybridized carbons (Fsp3) is 0.115. The monoisotopic (exact) mass is 842 g/mol. The van der Waals surface area contributed by atoms with Crippen LogP contribution in [0.25, 0.3) is 83.9 Å². The summed E-state index contributed by atoms with van der Waals surface area (Å²) in [6.45, 7) is 6.82. The first-order valence-corrected chi connectivity index (χ1v) is 22.2. The molecule has 0 radical (unpaired) electrons. The lowest BCUT2D eigenvalue weighted by molar-refractivity contribution is 0.477. The molecule has 0 fully saturated rings. The number of fused-ring (bicyclic) bond motifs is 4. The normalized spacial score (nSPS) is 13.8. The molecule has 1 aliphatic carbocycles. The second kappa shape index (κ2) is 15.5. The molecule has 11 rings (SSSR count). The third-order valence-corrected chi connectivity index (χ3v) is 13.6. The molecule has 0 amide bonds. The lowest BCUT2D eigenvalue weighted by Gasteiger charge is -2.26. The van der Waals surface area contributed by atoms with Crippen LogP contribution in [0.15, 0.2) is 200 Å². The smallest absolute Gasteiger partial charge is 0.149 e. The predicted molar refractivity (Wildman–Crippen MR) is 269 cm³/mol. The van der Waals surface area contributed by atoms with Crippen molar-refractivity contribution in [3.05, 3.63) is 228 Å². The number of para-hydroxylation sites is 2. The molecule has 1 N–H and O–H groups in total. The molecule has 2 aromatic heterocycles. The van der Waals surface area contributed by atoms with Crippen LogP contribution in [-0.2, 0) is 10.8 Å². The quantitative estimate of drug-likeness (QED) is 0.166. The van der Waals surface area contributed by atoms with Crippen LogP contribution in [0.2, 0.25) is 0 Å². The summed E-state index contributed by atoms with van der Waals surface area (Å²) in [7, 11) is 0. The van der Waals surface area contributed by atoms with Gasteiger partial charge in [-0.15, -0.1) is 0 Å². The summed E-state index contributed by atoms with van der Waals surface area (Å²) in [5.41, 5.74) is 17.5. The number of aromatic nitrogens is 3. The van der Waals surface area contributed by atoms with Crippen LogP contribution in [-0.4, -0.2) is 19.6 Å². The van der Waals surface area contributed by atoms with Crippen LogP contribution < -0.4 is 0 Å². The number of phenols is 1. The van der Waals surface area contributed by atoms with Crippen molar-refractivity contribution in [2.45, 2.75) is 45.4 Å². The molecule has 1 aliphatic rings. The maximum absolute atomic E-state index is 11.5. The molecule has 4 nitrogen and oxygen atoms in total. The van der Waals surface area contributed by atoms with Gasteiger partial charge in [-0.3, -0.25) is 9.55 Å². The highest BCUT2D eigenvalue weighted by Crippen LogP contribution is 2.54. The number of hydrogen-bond acceptors (Lipinski definition) is 3. The number of imidazole rings is 1. The third-order valence-electron chi connectivity index (χ3n) is 13.6. The molecule has 4 heteroatoms. The minimum Gasteiger partial charge on any atom is -0.507 e. The van der Waals surface area contributed by atoms with E-state index in [0.717, 1.165) is 66.9 Å². The predicted octanol–water partition coefficient (Wildman–Crippen LogP) is 15.4. The Balaban J connectivity index is 1.13. The van der Waals surface area contributed by atoms with Gasteiger partial charge in [0, 0.05) is 37.8 Å². The summed E-state index contributed by atoms with van der Waals surface area (Å²) in [5, 5.41) is 11.5. The van der Waals surface area contributed by atoms with Crippen LogP contribution >= 0.6 is 0 Å². The summed E-state index contributed by atoms with van der Waals surface area (Å²) in [6, 6.07) is 65.7. The van der Waals surface area contributed by atoms with Crippen LogP contribution in [0, 0.1) is 6.85 Å². The van der Waals surface area contributed by atoms with Gasteiger partial charge >= 0.3 is 0 Å². The van der Waals surface area contributed by atoms with E-state index in [1.54, 1.807) is 24.3 Å². The molecular weight excluding hydrogens is 791 g/mol. The Morgan fingerprint density at radius 3 is 2.00 bits per heavy atom. The minimum atomic E-state index is -2.32. The summed E-state index contributed by atoms with van der Waals surface area (Å²) in [5.74, 6) is 0.621. The molecule has 314 valence electrons. The first-order valence-electron chi connectivity index (χ1n) is 23.7. The molecule has 0 unspecified atom stereocenters. The fourth-order valence-electron chi connectivity index (χ4n) is 10.0. The average molecular weight is 843 g/mol. The first kappa shape index (κ1) is 36.6. The van der Waals surface area contributed by atoms with Crippen molar-refractivity contribution < 1.29 is 9.22 Å². The van der Waals surface area contributed by atoms with E-state index in [1.807, 2.05) is 54.7 Å². The summed E-state index contributed by atoms with van der Waals surface area (Å²) >= 11 is 0. The van der Waals surface area contributed by atoms with Crippen molar-refractivity contribution in [2.75, 3.05) is 0 Å². The molecule has 0 saturated heterocycles. The van der Waals surface area contributed by atoms with E-state index in [2.05, 4.69) is 154 Å². The largest absolute Gasteiger partial charge is 0.507 e. The Labute approximate surface area is 385 Å². The van der Waals surface area contributed by atoms with E-state index < -0.39 is 6.85 Å². The molecule has 0 spiro atoms. The summed E-state index contributed by atoms with van der Waals surface area (Å²) in [4.78, 5) is 10.5. The van der Waals surface area contributed by atoms with E-state index in [-0.39, 0.29) is 22.1 Å². The van der Waals surface area contributed by atoms with Crippen molar-refractivity contribution in [1.82, 2.24) is 14.5 Å². The van der Waals surface area contributed by atoms with Crippen molar-refractivity contribution in [3.63, 3.8) is 0 Å². The molecular formula is C61H49N3O. The average Bonchev–Trinajstić information content (AvgIpc) is 3.86. The van der Waals surface area contributed by atoms with Gasteiger partial charge in [0.2, 0.25) is 0 Å². The Bertz CT molecular complexity index is 3550. The number of rotatable bonds is 8. The Kier molecular flexibility index (Phi) is 8.72. The second-order valence-electron chi connectivity index (χ2n) is 18.2. The Morgan fingerprint density at radius 2 is 1.23 bits per heavy atom. The molecule has 0 saturated carbocycles. The highest BCUT2D eigenvalue weighted by Gasteiger charge is 2.38. The van der Waals surface area contributed by atoms with Crippen molar-refractivity contribution >= 4 is 11.0 Å². The zero-order valence-electron chi connectivity index (χ0n) is 39.8. The minimum absolute atomic E-state index is 0.0880. The van der Waals surface area contributed by atoms with Crippen molar-refractivity contribution in [2.24, 2.45) is 0 Å². The van der Waals surface area contributed by atoms with Gasteiger partial charge in [0.05, 0.1) is 28.0 Å². The van der Waals surface area contributed by atoms with Crippen molar-refractivity contribution in [3.8, 4) is 78.6 Å². The highest BCUT2D eigenvalue weighted by atomic mass is 16.3. The van der Waals surface area contributed by atoms with Gasteiger partial charge in [0.1, 0.15) is 11.6 Å². The zero-order chi connectivity index (χ0) is 47.0. The number of benzene rings is 8. The number of aromatic hydroxyl groups is 1. The second-order valence-corrected chi connectivity index (χ2v) is 18.2. The molecule has 65 heavy (non-hydrogen) atoms. The Hall–Kier alpha value is -7.82. The SMILES string of the molecule is [2H]C([2H])([2H])c1ccc(-n2c(-c3ccccc3O)nc3c(-c4cc(-c5cc(-c6ccc(C(C)(C)c7ccccc7)cc6)ccn5)cc5c4-c4ccccc4C5(C)C)cccc32)c(-c2ccccc2)c1. The Morgan fingerprint density at radius 1 is 0.538 bits per heavy atom. The molecule has 8 aromatic carbocycles. The van der Waals surface area contributed by atoms with Gasteiger partial charge in [-0.05, 0) is 117 Å². The maximum Gasteiger partial charge on any atom is 0.149 e. The van der Waals surface area contributed by atoms with E-state index in [9.17, 15) is 5.11 Å². The lowest BCUT2D eigenvalue weighted by Crippen LogP contribution is -2.18. The molecule has 0 atom stereocenters. The van der Waals surface area contributed by atoms with Crippen LogP contribution in [0.5, 0.6) is 5.75 Å². The van der Waals surface area contributed by atoms with E-state index >= 15 is 0 Å². The van der Waals surface area contributed by atoms with E-state index in [4.69, 9.17) is 14.1 Å². The number of nitrogens with zero attached hydrogens (tertiary/aromatic N) is 3. The number of pyridine rings is 1. The number of hydrogen-bond donors (Lipinski definition) is 1. The van der Waals surface area contributed by atoms with E-state index in [1.165, 1.54) is 27.8 Å². The van der Waals surface area contributed by atoms with E-state index in [0.29, 0.717) is 11.4 Å².